The molecule has 0 bridgehead atoms. The Bertz CT molecular complexity index is 669. The van der Waals surface area contributed by atoms with Crippen LogP contribution in [0.2, 0.25) is 0 Å². The van der Waals surface area contributed by atoms with E-state index in [0.29, 0.717) is 24.8 Å². The highest BCUT2D eigenvalue weighted by Crippen LogP contribution is 2.38. The standard InChI is InChI=1S/C17H22N4O3/c1-21(10-9-14(22)12-5-3-2-4-6-12)17(23)18-11-15-19-16(20-24-15)13-7-8-13/h2-6,13-14,22H,7-11H2,1H3,(H,18,23)/t14-/m1/s1. The van der Waals surface area contributed by atoms with E-state index in [-0.39, 0.29) is 12.6 Å². The van der Waals surface area contributed by atoms with Gasteiger partial charge in [0.05, 0.1) is 12.6 Å². The number of benzene rings is 1. The van der Waals surface area contributed by atoms with Crippen molar-refractivity contribution in [2.75, 3.05) is 13.6 Å². The van der Waals surface area contributed by atoms with Crippen LogP contribution >= 0.6 is 0 Å². The van der Waals surface area contributed by atoms with Crippen LogP contribution < -0.4 is 5.32 Å². The molecule has 1 aliphatic rings. The Labute approximate surface area is 140 Å². The largest absolute Gasteiger partial charge is 0.388 e. The summed E-state index contributed by atoms with van der Waals surface area (Å²) in [6.45, 7) is 0.656. The molecule has 1 aromatic heterocycles. The Hall–Kier alpha value is -2.41. The third-order valence-corrected chi connectivity index (χ3v) is 4.09. The fraction of sp³-hybridized carbons (Fsp3) is 0.471. The number of aliphatic hydroxyl groups excluding tert-OH is 1. The van der Waals surface area contributed by atoms with E-state index in [1.54, 1.807) is 7.05 Å². The van der Waals surface area contributed by atoms with Crippen LogP contribution in [0.1, 0.15) is 48.6 Å². The molecule has 0 radical (unpaired) electrons. The van der Waals surface area contributed by atoms with Gasteiger partial charge in [0.25, 0.3) is 0 Å². The van der Waals surface area contributed by atoms with Gasteiger partial charge >= 0.3 is 6.03 Å². The first-order chi connectivity index (χ1) is 11.6. The lowest BCUT2D eigenvalue weighted by atomic mass is 10.1. The van der Waals surface area contributed by atoms with Crippen LogP contribution in [0.15, 0.2) is 34.9 Å². The Kier molecular flexibility index (Phi) is 5.10. The van der Waals surface area contributed by atoms with E-state index in [1.807, 2.05) is 30.3 Å². The van der Waals surface area contributed by atoms with Gasteiger partial charge in [-0.15, -0.1) is 0 Å². The predicted molar refractivity (Wildman–Crippen MR) is 87.2 cm³/mol. The lowest BCUT2D eigenvalue weighted by molar-refractivity contribution is 0.149. The molecule has 0 unspecified atom stereocenters. The van der Waals surface area contributed by atoms with E-state index in [2.05, 4.69) is 15.5 Å². The van der Waals surface area contributed by atoms with E-state index in [1.165, 1.54) is 4.90 Å². The second kappa shape index (κ2) is 7.44. The molecular formula is C17H22N4O3. The van der Waals surface area contributed by atoms with Crippen LogP contribution in [0.3, 0.4) is 0 Å². The van der Waals surface area contributed by atoms with Gasteiger partial charge in [0.1, 0.15) is 0 Å². The minimum absolute atomic E-state index is 0.212. The molecule has 0 spiro atoms. The molecule has 2 amide bonds. The van der Waals surface area contributed by atoms with E-state index in [9.17, 15) is 9.90 Å². The van der Waals surface area contributed by atoms with E-state index in [0.717, 1.165) is 24.2 Å². The minimum Gasteiger partial charge on any atom is -0.388 e. The quantitative estimate of drug-likeness (QED) is 0.812. The van der Waals surface area contributed by atoms with Crippen molar-refractivity contribution in [3.8, 4) is 0 Å². The van der Waals surface area contributed by atoms with Crippen molar-refractivity contribution in [2.24, 2.45) is 0 Å². The van der Waals surface area contributed by atoms with E-state index < -0.39 is 6.10 Å². The molecular weight excluding hydrogens is 308 g/mol. The molecule has 0 saturated heterocycles. The minimum atomic E-state index is -0.585. The van der Waals surface area contributed by atoms with Gasteiger partial charge < -0.3 is 19.8 Å². The van der Waals surface area contributed by atoms with Gasteiger partial charge in [-0.1, -0.05) is 35.5 Å². The number of carbonyl (C=O) groups excluding carboxylic acids is 1. The number of amides is 2. The summed E-state index contributed by atoms with van der Waals surface area (Å²) in [4.78, 5) is 17.9. The Balaban J connectivity index is 1.40. The van der Waals surface area contributed by atoms with Crippen LogP contribution in [0, 0.1) is 0 Å². The maximum atomic E-state index is 12.1. The van der Waals surface area contributed by atoms with Gasteiger partial charge in [-0.05, 0) is 24.8 Å². The van der Waals surface area contributed by atoms with Crippen LogP contribution in [0.5, 0.6) is 0 Å². The van der Waals surface area contributed by atoms with Gasteiger partial charge in [-0.3, -0.25) is 0 Å². The summed E-state index contributed by atoms with van der Waals surface area (Å²) in [5.41, 5.74) is 0.852. The molecule has 1 atom stereocenters. The fourth-order valence-corrected chi connectivity index (χ4v) is 2.39. The number of rotatable bonds is 7. The molecule has 2 aromatic rings. The molecule has 0 aliphatic heterocycles. The lowest BCUT2D eigenvalue weighted by Gasteiger charge is -2.19. The zero-order chi connectivity index (χ0) is 16.9. The average molecular weight is 330 g/mol. The summed E-state index contributed by atoms with van der Waals surface area (Å²) in [5.74, 6) is 1.59. The first-order valence-corrected chi connectivity index (χ1v) is 8.18. The predicted octanol–water partition coefficient (Wildman–Crippen LogP) is 2.21. The average Bonchev–Trinajstić information content (AvgIpc) is 3.36. The topological polar surface area (TPSA) is 91.5 Å². The molecule has 1 aliphatic carbocycles. The molecule has 2 N–H and O–H groups in total. The summed E-state index contributed by atoms with van der Waals surface area (Å²) in [7, 11) is 1.69. The number of carbonyl (C=O) groups is 1. The Morgan fingerprint density at radius 3 is 2.88 bits per heavy atom. The number of urea groups is 1. The fourth-order valence-electron chi connectivity index (χ4n) is 2.39. The molecule has 7 nitrogen and oxygen atoms in total. The van der Waals surface area contributed by atoms with Crippen molar-refractivity contribution < 1.29 is 14.4 Å². The molecule has 128 valence electrons. The molecule has 1 fully saturated rings. The van der Waals surface area contributed by atoms with Gasteiger partial charge in [-0.2, -0.15) is 4.98 Å². The summed E-state index contributed by atoms with van der Waals surface area (Å²) < 4.78 is 5.12. The number of hydrogen-bond donors (Lipinski definition) is 2. The summed E-state index contributed by atoms with van der Waals surface area (Å²) >= 11 is 0. The van der Waals surface area contributed by atoms with Crippen LogP contribution in [-0.2, 0) is 6.54 Å². The van der Waals surface area contributed by atoms with Crippen LogP contribution in [0.25, 0.3) is 0 Å². The smallest absolute Gasteiger partial charge is 0.317 e. The van der Waals surface area contributed by atoms with E-state index >= 15 is 0 Å². The Morgan fingerprint density at radius 1 is 1.42 bits per heavy atom. The maximum Gasteiger partial charge on any atom is 0.317 e. The van der Waals surface area contributed by atoms with Gasteiger partial charge in [0, 0.05) is 19.5 Å². The molecule has 1 saturated carbocycles. The first-order valence-electron chi connectivity index (χ1n) is 8.18. The van der Waals surface area contributed by atoms with Crippen molar-refractivity contribution in [1.82, 2.24) is 20.4 Å². The molecule has 1 aromatic carbocycles. The van der Waals surface area contributed by atoms with E-state index in [4.69, 9.17) is 4.52 Å². The Morgan fingerprint density at radius 2 is 2.17 bits per heavy atom. The number of hydrogen-bond acceptors (Lipinski definition) is 5. The molecule has 7 heteroatoms. The number of nitrogens with one attached hydrogen (secondary N) is 1. The SMILES string of the molecule is CN(CC[C@@H](O)c1ccccc1)C(=O)NCc1nc(C2CC2)no1. The highest BCUT2D eigenvalue weighted by Gasteiger charge is 2.28. The van der Waals surface area contributed by atoms with Crippen molar-refractivity contribution in [2.45, 2.75) is 37.8 Å². The zero-order valence-electron chi connectivity index (χ0n) is 13.7. The van der Waals surface area contributed by atoms with Crippen molar-refractivity contribution in [3.63, 3.8) is 0 Å². The maximum absolute atomic E-state index is 12.1. The van der Waals surface area contributed by atoms with Gasteiger partial charge in [-0.25, -0.2) is 4.79 Å². The number of nitrogens with zero attached hydrogens (tertiary/aromatic N) is 3. The third kappa shape index (κ3) is 4.32. The third-order valence-electron chi connectivity index (χ3n) is 4.09. The van der Waals surface area contributed by atoms with Crippen molar-refractivity contribution in [3.05, 3.63) is 47.6 Å². The molecule has 24 heavy (non-hydrogen) atoms. The summed E-state index contributed by atoms with van der Waals surface area (Å²) in [6, 6.07) is 9.18. The normalized spacial score (nSPS) is 15.1. The van der Waals surface area contributed by atoms with Crippen molar-refractivity contribution in [1.29, 1.82) is 0 Å². The number of aliphatic hydroxyl groups is 1. The summed E-state index contributed by atoms with van der Waals surface area (Å²) in [6.07, 6.45) is 2.11. The first kappa shape index (κ1) is 16.4. The second-order valence-corrected chi connectivity index (χ2v) is 6.12. The zero-order valence-corrected chi connectivity index (χ0v) is 13.7. The summed E-state index contributed by atoms with van der Waals surface area (Å²) in [5, 5.41) is 16.8. The molecule has 3 rings (SSSR count). The number of aromatic nitrogens is 2. The molecule has 1 heterocycles. The highest BCUT2D eigenvalue weighted by molar-refractivity contribution is 5.73. The second-order valence-electron chi connectivity index (χ2n) is 6.12. The lowest BCUT2D eigenvalue weighted by Crippen LogP contribution is -2.37. The van der Waals surface area contributed by atoms with Crippen LogP contribution in [-0.4, -0.2) is 39.8 Å². The monoisotopic (exact) mass is 330 g/mol. The van der Waals surface area contributed by atoms with Gasteiger partial charge in [0.15, 0.2) is 5.82 Å². The van der Waals surface area contributed by atoms with Crippen molar-refractivity contribution >= 4 is 6.03 Å². The highest BCUT2D eigenvalue weighted by atomic mass is 16.5. The van der Waals surface area contributed by atoms with Crippen LogP contribution in [0.4, 0.5) is 4.79 Å². The van der Waals surface area contributed by atoms with Gasteiger partial charge in [0.2, 0.25) is 5.89 Å².